The molecule has 2 rings (SSSR count). The Morgan fingerprint density at radius 3 is 2.80 bits per heavy atom. The molecule has 1 aliphatic heterocycles. The van der Waals surface area contributed by atoms with Crippen molar-refractivity contribution < 1.29 is 4.42 Å². The lowest BCUT2D eigenvalue weighted by Crippen LogP contribution is -2.35. The highest BCUT2D eigenvalue weighted by atomic mass is 16.3. The Kier molecular flexibility index (Phi) is 3.38. The van der Waals surface area contributed by atoms with Crippen LogP contribution in [-0.2, 0) is 6.54 Å². The average Bonchev–Trinajstić information content (AvgIpc) is 2.66. The van der Waals surface area contributed by atoms with Gasteiger partial charge in [0.05, 0.1) is 5.69 Å². The van der Waals surface area contributed by atoms with E-state index >= 15 is 0 Å². The summed E-state index contributed by atoms with van der Waals surface area (Å²) in [7, 11) is 0. The highest BCUT2D eigenvalue weighted by Crippen LogP contribution is 2.18. The standard InChI is InChI=1S/C11H19N3O/c1-9-11(13-8-15-9)7-14-4-2-10(6-12)3-5-14/h8,10H,2-7,12H2,1H3. The Bertz CT molecular complexity index is 303. The van der Waals surface area contributed by atoms with Crippen molar-refractivity contribution in [3.63, 3.8) is 0 Å². The molecule has 1 fully saturated rings. The molecular weight excluding hydrogens is 190 g/mol. The number of aromatic nitrogens is 1. The highest BCUT2D eigenvalue weighted by molar-refractivity contribution is 5.04. The first kappa shape index (κ1) is 10.6. The minimum atomic E-state index is 0.722. The molecular formula is C11H19N3O. The van der Waals surface area contributed by atoms with Crippen LogP contribution in [-0.4, -0.2) is 29.5 Å². The van der Waals surface area contributed by atoms with E-state index in [1.54, 1.807) is 0 Å². The predicted octanol–water partition coefficient (Wildman–Crippen LogP) is 1.15. The maximum Gasteiger partial charge on any atom is 0.181 e. The molecule has 0 amide bonds. The molecule has 2 N–H and O–H groups in total. The van der Waals surface area contributed by atoms with Gasteiger partial charge in [-0.25, -0.2) is 4.98 Å². The van der Waals surface area contributed by atoms with Crippen molar-refractivity contribution in [1.82, 2.24) is 9.88 Å². The fraction of sp³-hybridized carbons (Fsp3) is 0.727. The highest BCUT2D eigenvalue weighted by Gasteiger charge is 2.19. The molecule has 1 aromatic rings. The Labute approximate surface area is 90.5 Å². The number of hydrogen-bond donors (Lipinski definition) is 1. The minimum Gasteiger partial charge on any atom is -0.448 e. The maximum absolute atomic E-state index is 5.66. The first-order valence-electron chi connectivity index (χ1n) is 5.61. The van der Waals surface area contributed by atoms with E-state index in [1.807, 2.05) is 6.92 Å². The van der Waals surface area contributed by atoms with Crippen molar-refractivity contribution in [2.24, 2.45) is 11.7 Å². The Morgan fingerprint density at radius 2 is 2.27 bits per heavy atom. The second-order valence-corrected chi connectivity index (χ2v) is 4.31. The van der Waals surface area contributed by atoms with E-state index in [2.05, 4.69) is 9.88 Å². The molecule has 0 aromatic carbocycles. The Hall–Kier alpha value is -0.870. The monoisotopic (exact) mass is 209 g/mol. The van der Waals surface area contributed by atoms with Gasteiger partial charge in [0.25, 0.3) is 0 Å². The van der Waals surface area contributed by atoms with E-state index in [1.165, 1.54) is 19.2 Å². The largest absolute Gasteiger partial charge is 0.448 e. The first-order valence-corrected chi connectivity index (χ1v) is 5.61. The van der Waals surface area contributed by atoms with Gasteiger partial charge in [-0.1, -0.05) is 0 Å². The Balaban J connectivity index is 1.85. The first-order chi connectivity index (χ1) is 7.29. The molecule has 15 heavy (non-hydrogen) atoms. The lowest BCUT2D eigenvalue weighted by molar-refractivity contribution is 0.178. The lowest BCUT2D eigenvalue weighted by atomic mass is 9.97. The van der Waals surface area contributed by atoms with Crippen LogP contribution < -0.4 is 5.73 Å². The third kappa shape index (κ3) is 2.58. The molecule has 0 bridgehead atoms. The van der Waals surface area contributed by atoms with Gasteiger partial charge in [-0.3, -0.25) is 4.90 Å². The molecule has 4 heteroatoms. The molecule has 4 nitrogen and oxygen atoms in total. The quantitative estimate of drug-likeness (QED) is 0.811. The number of hydrogen-bond acceptors (Lipinski definition) is 4. The molecule has 1 aromatic heterocycles. The number of nitrogens with two attached hydrogens (primary N) is 1. The van der Waals surface area contributed by atoms with Gasteiger partial charge in [0.2, 0.25) is 0 Å². The summed E-state index contributed by atoms with van der Waals surface area (Å²) in [6.45, 7) is 5.98. The lowest BCUT2D eigenvalue weighted by Gasteiger charge is -2.30. The van der Waals surface area contributed by atoms with Gasteiger partial charge in [0.15, 0.2) is 6.39 Å². The van der Waals surface area contributed by atoms with Gasteiger partial charge in [0.1, 0.15) is 5.76 Å². The van der Waals surface area contributed by atoms with E-state index < -0.39 is 0 Å². The normalized spacial score (nSPS) is 19.6. The molecule has 0 aliphatic carbocycles. The zero-order valence-electron chi connectivity index (χ0n) is 9.28. The van der Waals surface area contributed by atoms with Crippen LogP contribution in [0.1, 0.15) is 24.3 Å². The number of rotatable bonds is 3. The van der Waals surface area contributed by atoms with Gasteiger partial charge >= 0.3 is 0 Å². The van der Waals surface area contributed by atoms with Crippen molar-refractivity contribution in [3.8, 4) is 0 Å². The fourth-order valence-corrected chi connectivity index (χ4v) is 2.07. The topological polar surface area (TPSA) is 55.3 Å². The molecule has 0 spiro atoms. The van der Waals surface area contributed by atoms with E-state index in [0.29, 0.717) is 0 Å². The summed E-state index contributed by atoms with van der Waals surface area (Å²) in [6.07, 6.45) is 3.96. The van der Waals surface area contributed by atoms with Crippen molar-refractivity contribution >= 4 is 0 Å². The van der Waals surface area contributed by atoms with E-state index in [-0.39, 0.29) is 0 Å². The third-order valence-electron chi connectivity index (χ3n) is 3.26. The summed E-state index contributed by atoms with van der Waals surface area (Å²) < 4.78 is 5.19. The second-order valence-electron chi connectivity index (χ2n) is 4.31. The van der Waals surface area contributed by atoms with Crippen LogP contribution >= 0.6 is 0 Å². The summed E-state index contributed by atoms with van der Waals surface area (Å²) in [6, 6.07) is 0. The summed E-state index contributed by atoms with van der Waals surface area (Å²) in [5.74, 6) is 1.66. The Morgan fingerprint density at radius 1 is 1.53 bits per heavy atom. The molecule has 0 saturated carbocycles. The van der Waals surface area contributed by atoms with Crippen molar-refractivity contribution in [1.29, 1.82) is 0 Å². The van der Waals surface area contributed by atoms with Crippen LogP contribution in [0.3, 0.4) is 0 Å². The predicted molar refractivity (Wildman–Crippen MR) is 58.3 cm³/mol. The van der Waals surface area contributed by atoms with Gasteiger partial charge in [0, 0.05) is 6.54 Å². The van der Waals surface area contributed by atoms with Crippen LogP contribution in [0.4, 0.5) is 0 Å². The average molecular weight is 209 g/mol. The summed E-state index contributed by atoms with van der Waals surface area (Å²) in [5, 5.41) is 0. The number of oxazole rings is 1. The number of aryl methyl sites for hydroxylation is 1. The number of nitrogens with zero attached hydrogens (tertiary/aromatic N) is 2. The van der Waals surface area contributed by atoms with Crippen LogP contribution in [0, 0.1) is 12.8 Å². The van der Waals surface area contributed by atoms with E-state index in [4.69, 9.17) is 10.2 Å². The van der Waals surface area contributed by atoms with Crippen LogP contribution in [0.5, 0.6) is 0 Å². The second kappa shape index (κ2) is 4.77. The maximum atomic E-state index is 5.66. The molecule has 84 valence electrons. The van der Waals surface area contributed by atoms with Crippen LogP contribution in [0.15, 0.2) is 10.8 Å². The minimum absolute atomic E-state index is 0.722. The molecule has 1 saturated heterocycles. The van der Waals surface area contributed by atoms with Crippen molar-refractivity contribution in [2.45, 2.75) is 26.3 Å². The third-order valence-corrected chi connectivity index (χ3v) is 3.26. The molecule has 1 aliphatic rings. The van der Waals surface area contributed by atoms with Crippen molar-refractivity contribution in [3.05, 3.63) is 17.8 Å². The van der Waals surface area contributed by atoms with Crippen LogP contribution in [0.2, 0.25) is 0 Å². The summed E-state index contributed by atoms with van der Waals surface area (Å²) in [5.41, 5.74) is 6.73. The smallest absolute Gasteiger partial charge is 0.181 e. The zero-order valence-corrected chi connectivity index (χ0v) is 9.28. The van der Waals surface area contributed by atoms with Gasteiger partial charge < -0.3 is 10.2 Å². The van der Waals surface area contributed by atoms with E-state index in [0.717, 1.165) is 43.6 Å². The summed E-state index contributed by atoms with van der Waals surface area (Å²) >= 11 is 0. The number of likely N-dealkylation sites (tertiary alicyclic amines) is 1. The SMILES string of the molecule is Cc1ocnc1CN1CCC(CN)CC1. The molecule has 2 heterocycles. The number of piperidine rings is 1. The molecule has 0 unspecified atom stereocenters. The molecule has 0 atom stereocenters. The van der Waals surface area contributed by atoms with Gasteiger partial charge in [-0.15, -0.1) is 0 Å². The van der Waals surface area contributed by atoms with Crippen molar-refractivity contribution in [2.75, 3.05) is 19.6 Å². The fourth-order valence-electron chi connectivity index (χ4n) is 2.07. The summed E-state index contributed by atoms with van der Waals surface area (Å²) in [4.78, 5) is 6.64. The van der Waals surface area contributed by atoms with Gasteiger partial charge in [-0.2, -0.15) is 0 Å². The van der Waals surface area contributed by atoms with Crippen LogP contribution in [0.25, 0.3) is 0 Å². The molecule has 0 radical (unpaired) electrons. The van der Waals surface area contributed by atoms with Gasteiger partial charge in [-0.05, 0) is 45.3 Å². The zero-order chi connectivity index (χ0) is 10.7. The van der Waals surface area contributed by atoms with E-state index in [9.17, 15) is 0 Å².